The fourth-order valence-electron chi connectivity index (χ4n) is 3.85. The van der Waals surface area contributed by atoms with E-state index >= 15 is 0 Å². The van der Waals surface area contributed by atoms with Crippen molar-refractivity contribution in [2.75, 3.05) is 32.8 Å². The van der Waals surface area contributed by atoms with Crippen LogP contribution in [-0.2, 0) is 11.2 Å². The number of fused-ring (bicyclic) bond motifs is 2. The zero-order chi connectivity index (χ0) is 19.8. The van der Waals surface area contributed by atoms with Gasteiger partial charge in [-0.3, -0.25) is 14.7 Å². The number of rotatable bonds is 4. The first-order valence-corrected chi connectivity index (χ1v) is 10.7. The van der Waals surface area contributed by atoms with Crippen molar-refractivity contribution in [1.29, 1.82) is 0 Å². The highest BCUT2D eigenvalue weighted by Gasteiger charge is 2.13. The normalized spacial score (nSPS) is 15.3. The van der Waals surface area contributed by atoms with Gasteiger partial charge in [-0.2, -0.15) is 0 Å². The summed E-state index contributed by atoms with van der Waals surface area (Å²) in [7, 11) is 0. The lowest BCUT2D eigenvalue weighted by molar-refractivity contribution is 0.0384. The standard InChI is InChI=1S/C22H22N4O2S/c1-14-10-15(2-4-26-5-7-28-8-6-26)11-17-20(14)24-21(25-22(17)27)18-12-19-16(13-23-18)3-9-29-19/h3,9-13H,2,4-8H2,1H3,(H,24,25,27). The second-order valence-electron chi connectivity index (χ2n) is 7.46. The SMILES string of the molecule is Cc1cc(CCN2CCOCC2)cc2c(=O)[nH]c(-c3cc4sccc4cn3)nc12. The lowest BCUT2D eigenvalue weighted by Crippen LogP contribution is -2.37. The molecule has 0 aliphatic carbocycles. The van der Waals surface area contributed by atoms with Crippen LogP contribution in [0.15, 0.2) is 40.6 Å². The number of H-pyrrole nitrogens is 1. The molecule has 5 rings (SSSR count). The van der Waals surface area contributed by atoms with Gasteiger partial charge < -0.3 is 9.72 Å². The molecule has 3 aromatic heterocycles. The number of hydrogen-bond acceptors (Lipinski definition) is 6. The van der Waals surface area contributed by atoms with E-state index in [-0.39, 0.29) is 5.56 Å². The van der Waals surface area contributed by atoms with E-state index in [9.17, 15) is 4.79 Å². The third-order valence-corrected chi connectivity index (χ3v) is 6.34. The minimum atomic E-state index is -0.116. The van der Waals surface area contributed by atoms with Gasteiger partial charge in [-0.1, -0.05) is 6.07 Å². The molecule has 1 N–H and O–H groups in total. The monoisotopic (exact) mass is 406 g/mol. The highest BCUT2D eigenvalue weighted by Crippen LogP contribution is 2.25. The van der Waals surface area contributed by atoms with Crippen molar-refractivity contribution in [2.45, 2.75) is 13.3 Å². The first-order valence-electron chi connectivity index (χ1n) is 9.85. The van der Waals surface area contributed by atoms with Crippen molar-refractivity contribution in [3.63, 3.8) is 0 Å². The van der Waals surface area contributed by atoms with Crippen LogP contribution in [0.2, 0.25) is 0 Å². The minimum Gasteiger partial charge on any atom is -0.379 e. The number of nitrogens with zero attached hydrogens (tertiary/aromatic N) is 3. The summed E-state index contributed by atoms with van der Waals surface area (Å²) in [6.07, 6.45) is 2.74. The van der Waals surface area contributed by atoms with Crippen molar-refractivity contribution in [3.8, 4) is 11.5 Å². The van der Waals surface area contributed by atoms with Crippen molar-refractivity contribution in [3.05, 3.63) is 57.3 Å². The van der Waals surface area contributed by atoms with E-state index in [2.05, 4.69) is 20.9 Å². The number of hydrogen-bond donors (Lipinski definition) is 1. The number of aromatic nitrogens is 3. The molecule has 4 heterocycles. The summed E-state index contributed by atoms with van der Waals surface area (Å²) < 4.78 is 6.54. The molecule has 0 radical (unpaired) electrons. The minimum absolute atomic E-state index is 0.116. The van der Waals surface area contributed by atoms with E-state index in [1.54, 1.807) is 11.3 Å². The van der Waals surface area contributed by atoms with E-state index in [1.807, 2.05) is 36.7 Å². The lowest BCUT2D eigenvalue weighted by atomic mass is 10.0. The Balaban J connectivity index is 1.48. The summed E-state index contributed by atoms with van der Waals surface area (Å²) >= 11 is 1.65. The fraction of sp³-hybridized carbons (Fsp3) is 0.318. The van der Waals surface area contributed by atoms with Gasteiger partial charge in [0.1, 0.15) is 5.69 Å². The molecule has 7 heteroatoms. The predicted octanol–water partition coefficient (Wildman–Crippen LogP) is 3.38. The molecule has 0 saturated carbocycles. The van der Waals surface area contributed by atoms with Gasteiger partial charge in [0.15, 0.2) is 5.82 Å². The lowest BCUT2D eigenvalue weighted by Gasteiger charge is -2.26. The van der Waals surface area contributed by atoms with Crippen LogP contribution in [0.4, 0.5) is 0 Å². The molecule has 1 aliphatic heterocycles. The third kappa shape index (κ3) is 3.69. The summed E-state index contributed by atoms with van der Waals surface area (Å²) in [5.41, 5.74) is 3.50. The molecule has 0 bridgehead atoms. The third-order valence-electron chi connectivity index (χ3n) is 5.46. The van der Waals surface area contributed by atoms with Crippen molar-refractivity contribution in [2.24, 2.45) is 0 Å². The van der Waals surface area contributed by atoms with Crippen molar-refractivity contribution >= 4 is 32.3 Å². The van der Waals surface area contributed by atoms with E-state index in [1.165, 1.54) is 5.56 Å². The Morgan fingerprint density at radius 2 is 2.10 bits per heavy atom. The second-order valence-corrected chi connectivity index (χ2v) is 8.40. The average Bonchev–Trinajstić information content (AvgIpc) is 3.21. The number of thiophene rings is 1. The van der Waals surface area contributed by atoms with Crippen LogP contribution in [-0.4, -0.2) is 52.7 Å². The smallest absolute Gasteiger partial charge is 0.259 e. The summed E-state index contributed by atoms with van der Waals surface area (Å²) in [4.78, 5) is 27.4. The molecule has 0 unspecified atom stereocenters. The molecule has 1 aromatic carbocycles. The van der Waals surface area contributed by atoms with Crippen LogP contribution in [0.1, 0.15) is 11.1 Å². The van der Waals surface area contributed by atoms with Crippen LogP contribution in [0.5, 0.6) is 0 Å². The Kier molecular flexibility index (Phi) is 4.87. The molecule has 148 valence electrons. The summed E-state index contributed by atoms with van der Waals surface area (Å²) in [5, 5.41) is 3.78. The second kappa shape index (κ2) is 7.67. The number of pyridine rings is 1. The Labute approximate surface area is 172 Å². The molecule has 1 aliphatic rings. The molecule has 0 spiro atoms. The topological polar surface area (TPSA) is 71.1 Å². The zero-order valence-electron chi connectivity index (χ0n) is 16.3. The summed E-state index contributed by atoms with van der Waals surface area (Å²) in [6, 6.07) is 8.15. The van der Waals surface area contributed by atoms with Gasteiger partial charge in [0.2, 0.25) is 0 Å². The maximum atomic E-state index is 12.8. The van der Waals surface area contributed by atoms with E-state index in [0.717, 1.165) is 60.4 Å². The molecule has 0 amide bonds. The molecule has 6 nitrogen and oxygen atoms in total. The number of nitrogens with one attached hydrogen (secondary N) is 1. The predicted molar refractivity (Wildman–Crippen MR) is 117 cm³/mol. The fourth-order valence-corrected chi connectivity index (χ4v) is 4.65. The maximum absolute atomic E-state index is 12.8. The summed E-state index contributed by atoms with van der Waals surface area (Å²) in [5.74, 6) is 0.516. The van der Waals surface area contributed by atoms with Gasteiger partial charge in [-0.05, 0) is 48.1 Å². The number of benzene rings is 1. The zero-order valence-corrected chi connectivity index (χ0v) is 17.1. The van der Waals surface area contributed by atoms with Crippen LogP contribution < -0.4 is 5.56 Å². The number of ether oxygens (including phenoxy) is 1. The van der Waals surface area contributed by atoms with Gasteiger partial charge in [0, 0.05) is 35.9 Å². The number of aryl methyl sites for hydroxylation is 1. The number of morpholine rings is 1. The molecule has 29 heavy (non-hydrogen) atoms. The van der Waals surface area contributed by atoms with Gasteiger partial charge in [-0.25, -0.2) is 4.98 Å². The molecular formula is C22H22N4O2S. The Bertz CT molecular complexity index is 1240. The van der Waals surface area contributed by atoms with Crippen LogP contribution in [0.3, 0.4) is 0 Å². The van der Waals surface area contributed by atoms with Gasteiger partial charge in [-0.15, -0.1) is 11.3 Å². The van der Waals surface area contributed by atoms with Crippen molar-refractivity contribution < 1.29 is 4.74 Å². The highest BCUT2D eigenvalue weighted by molar-refractivity contribution is 7.17. The average molecular weight is 407 g/mol. The largest absolute Gasteiger partial charge is 0.379 e. The molecule has 4 aromatic rings. The van der Waals surface area contributed by atoms with Crippen LogP contribution >= 0.6 is 11.3 Å². The van der Waals surface area contributed by atoms with E-state index in [0.29, 0.717) is 16.9 Å². The first kappa shape index (κ1) is 18.4. The van der Waals surface area contributed by atoms with Crippen molar-refractivity contribution in [1.82, 2.24) is 19.9 Å². The van der Waals surface area contributed by atoms with E-state index in [4.69, 9.17) is 9.72 Å². The van der Waals surface area contributed by atoms with Gasteiger partial charge in [0.05, 0.1) is 24.1 Å². The Morgan fingerprint density at radius 1 is 1.24 bits per heavy atom. The van der Waals surface area contributed by atoms with Crippen LogP contribution in [0.25, 0.3) is 32.5 Å². The highest BCUT2D eigenvalue weighted by atomic mass is 32.1. The Morgan fingerprint density at radius 3 is 2.97 bits per heavy atom. The van der Waals surface area contributed by atoms with E-state index < -0.39 is 0 Å². The first-order chi connectivity index (χ1) is 14.2. The van der Waals surface area contributed by atoms with Crippen LogP contribution in [0, 0.1) is 6.92 Å². The van der Waals surface area contributed by atoms with Gasteiger partial charge in [0.25, 0.3) is 5.56 Å². The quantitative estimate of drug-likeness (QED) is 0.563. The summed E-state index contributed by atoms with van der Waals surface area (Å²) in [6.45, 7) is 6.54. The maximum Gasteiger partial charge on any atom is 0.259 e. The molecule has 1 fully saturated rings. The molecular weight excluding hydrogens is 384 g/mol. The Hall–Kier alpha value is -2.61. The molecule has 1 saturated heterocycles. The van der Waals surface area contributed by atoms with Gasteiger partial charge >= 0.3 is 0 Å². The number of aromatic amines is 1. The molecule has 0 atom stereocenters.